The van der Waals surface area contributed by atoms with Crippen LogP contribution in [-0.2, 0) is 23.7 Å². The molecule has 1 aliphatic heterocycles. The van der Waals surface area contributed by atoms with E-state index in [1.165, 1.54) is 128 Å². The van der Waals surface area contributed by atoms with Crippen molar-refractivity contribution in [3.63, 3.8) is 0 Å². The highest BCUT2D eigenvalue weighted by molar-refractivity contribution is 5.69. The van der Waals surface area contributed by atoms with E-state index in [0.29, 0.717) is 13.0 Å². The fraction of sp³-hybridized carbons (Fsp3) is 0.974. The third-order valence-corrected chi connectivity index (χ3v) is 9.52. The maximum atomic E-state index is 12.7. The van der Waals surface area contributed by atoms with Crippen LogP contribution in [-0.4, -0.2) is 89.6 Å². The molecule has 4 N–H and O–H groups in total. The Balaban J connectivity index is 2.29. The van der Waals surface area contributed by atoms with Crippen LogP contribution >= 0.6 is 0 Å². The van der Waals surface area contributed by atoms with Gasteiger partial charge in [0, 0.05) is 13.0 Å². The molecule has 0 saturated carbocycles. The first kappa shape index (κ1) is 45.2. The van der Waals surface area contributed by atoms with Crippen LogP contribution in [0.2, 0.25) is 0 Å². The molecule has 1 rings (SSSR count). The fourth-order valence-corrected chi connectivity index (χ4v) is 6.32. The molecule has 0 aromatic heterocycles. The normalized spacial score (nSPS) is 21.8. The van der Waals surface area contributed by atoms with Gasteiger partial charge in [-0.2, -0.15) is 0 Å². The standard InChI is InChI=1S/C39H76O9/c1-3-5-7-9-11-13-15-16-17-18-19-20-22-24-26-28-35(41)47-33(31-45-29-27-25-23-21-14-12-10-8-6-4-2)32-46-39-38(44)37(43)36(42)34(30-40)48-39/h33-34,36-40,42-44H,3-32H2,1-2H3. The average molecular weight is 689 g/mol. The molecule has 6 atom stereocenters. The van der Waals surface area contributed by atoms with Crippen molar-refractivity contribution in [2.75, 3.05) is 26.4 Å². The van der Waals surface area contributed by atoms with Gasteiger partial charge in [-0.15, -0.1) is 0 Å². The first-order chi connectivity index (χ1) is 23.4. The molecule has 9 nitrogen and oxygen atoms in total. The van der Waals surface area contributed by atoms with Crippen molar-refractivity contribution < 1.29 is 44.2 Å². The van der Waals surface area contributed by atoms with Gasteiger partial charge in [0.05, 0.1) is 19.8 Å². The van der Waals surface area contributed by atoms with Gasteiger partial charge in [-0.05, 0) is 12.8 Å². The van der Waals surface area contributed by atoms with Crippen LogP contribution < -0.4 is 0 Å². The van der Waals surface area contributed by atoms with Crippen molar-refractivity contribution in [1.82, 2.24) is 0 Å². The Kier molecular flexibility index (Phi) is 30.3. The van der Waals surface area contributed by atoms with Gasteiger partial charge in [-0.3, -0.25) is 4.79 Å². The highest BCUT2D eigenvalue weighted by atomic mass is 16.7. The summed E-state index contributed by atoms with van der Waals surface area (Å²) in [4.78, 5) is 12.7. The van der Waals surface area contributed by atoms with Crippen molar-refractivity contribution in [1.29, 1.82) is 0 Å². The van der Waals surface area contributed by atoms with E-state index in [-0.39, 0.29) is 19.2 Å². The minimum absolute atomic E-state index is 0.106. The smallest absolute Gasteiger partial charge is 0.306 e. The third-order valence-electron chi connectivity index (χ3n) is 9.52. The summed E-state index contributed by atoms with van der Waals surface area (Å²) in [5.74, 6) is -0.311. The van der Waals surface area contributed by atoms with Crippen molar-refractivity contribution in [2.24, 2.45) is 0 Å². The highest BCUT2D eigenvalue weighted by Gasteiger charge is 2.44. The number of esters is 1. The molecule has 1 aliphatic rings. The summed E-state index contributed by atoms with van der Waals surface area (Å²) in [5.41, 5.74) is 0. The van der Waals surface area contributed by atoms with E-state index in [1.807, 2.05) is 0 Å². The number of rotatable bonds is 34. The lowest BCUT2D eigenvalue weighted by molar-refractivity contribution is -0.305. The summed E-state index contributed by atoms with van der Waals surface area (Å²) in [6.45, 7) is 4.57. The molecule has 286 valence electrons. The molecule has 0 aromatic carbocycles. The van der Waals surface area contributed by atoms with Gasteiger partial charge in [-0.25, -0.2) is 0 Å². The van der Waals surface area contributed by atoms with Crippen molar-refractivity contribution in [2.45, 2.75) is 218 Å². The zero-order valence-corrected chi connectivity index (χ0v) is 31.0. The number of hydrogen-bond donors (Lipinski definition) is 4. The fourth-order valence-electron chi connectivity index (χ4n) is 6.32. The largest absolute Gasteiger partial charge is 0.457 e. The van der Waals surface area contributed by atoms with Crippen LogP contribution in [0.25, 0.3) is 0 Å². The van der Waals surface area contributed by atoms with Crippen molar-refractivity contribution in [3.8, 4) is 0 Å². The van der Waals surface area contributed by atoms with E-state index in [0.717, 1.165) is 32.1 Å². The minimum atomic E-state index is -1.53. The summed E-state index contributed by atoms with van der Waals surface area (Å²) in [6.07, 6.45) is 24.1. The first-order valence-corrected chi connectivity index (χ1v) is 20.1. The molecule has 1 saturated heterocycles. The summed E-state index contributed by atoms with van der Waals surface area (Å²) < 4.78 is 22.7. The predicted octanol–water partition coefficient (Wildman–Crippen LogP) is 7.91. The summed E-state index contributed by atoms with van der Waals surface area (Å²) in [6, 6.07) is 0. The Morgan fingerprint density at radius 1 is 0.583 bits per heavy atom. The van der Waals surface area contributed by atoms with E-state index in [9.17, 15) is 25.2 Å². The average Bonchev–Trinajstić information content (AvgIpc) is 3.08. The lowest BCUT2D eigenvalue weighted by atomic mass is 9.99. The SMILES string of the molecule is CCCCCCCCCCCCCCCCCC(=O)OC(COCCCCCCCCCCCC)COC1OC(CO)C(O)C(O)C1O. The topological polar surface area (TPSA) is 135 Å². The van der Waals surface area contributed by atoms with E-state index in [4.69, 9.17) is 18.9 Å². The second-order valence-corrected chi connectivity index (χ2v) is 14.1. The summed E-state index contributed by atoms with van der Waals surface area (Å²) in [5, 5.41) is 39.9. The molecule has 0 aromatic rings. The van der Waals surface area contributed by atoms with Gasteiger partial charge in [0.1, 0.15) is 30.5 Å². The van der Waals surface area contributed by atoms with Crippen LogP contribution in [0.4, 0.5) is 0 Å². The minimum Gasteiger partial charge on any atom is -0.457 e. The number of aliphatic hydroxyl groups is 4. The lowest BCUT2D eigenvalue weighted by Gasteiger charge is -2.39. The summed E-state index contributed by atoms with van der Waals surface area (Å²) in [7, 11) is 0. The molecule has 6 unspecified atom stereocenters. The number of carbonyl (C=O) groups excluding carboxylic acids is 1. The molecule has 9 heteroatoms. The van der Waals surface area contributed by atoms with Crippen LogP contribution in [0.3, 0.4) is 0 Å². The number of unbranched alkanes of at least 4 members (excludes halogenated alkanes) is 23. The number of aliphatic hydroxyl groups excluding tert-OH is 4. The highest BCUT2D eigenvalue weighted by Crippen LogP contribution is 2.22. The van der Waals surface area contributed by atoms with Gasteiger partial charge in [0.15, 0.2) is 6.29 Å². The molecule has 1 heterocycles. The molecule has 0 spiro atoms. The van der Waals surface area contributed by atoms with Crippen molar-refractivity contribution >= 4 is 5.97 Å². The van der Waals surface area contributed by atoms with Gasteiger partial charge in [0.2, 0.25) is 0 Å². The maximum absolute atomic E-state index is 12.7. The predicted molar refractivity (Wildman–Crippen MR) is 192 cm³/mol. The lowest BCUT2D eigenvalue weighted by Crippen LogP contribution is -2.59. The molecule has 48 heavy (non-hydrogen) atoms. The second kappa shape index (κ2) is 32.1. The zero-order chi connectivity index (χ0) is 35.1. The van der Waals surface area contributed by atoms with Crippen molar-refractivity contribution in [3.05, 3.63) is 0 Å². The van der Waals surface area contributed by atoms with Crippen LogP contribution in [0.5, 0.6) is 0 Å². The van der Waals surface area contributed by atoms with Gasteiger partial charge in [-0.1, -0.05) is 162 Å². The number of carbonyl (C=O) groups is 1. The van der Waals surface area contributed by atoms with E-state index in [1.54, 1.807) is 0 Å². The van der Waals surface area contributed by atoms with Crippen LogP contribution in [0, 0.1) is 0 Å². The van der Waals surface area contributed by atoms with E-state index < -0.39 is 43.4 Å². The Morgan fingerprint density at radius 2 is 1.02 bits per heavy atom. The number of ether oxygens (including phenoxy) is 4. The molecule has 0 bridgehead atoms. The van der Waals surface area contributed by atoms with Gasteiger partial charge < -0.3 is 39.4 Å². The molecule has 0 amide bonds. The Morgan fingerprint density at radius 3 is 1.48 bits per heavy atom. The maximum Gasteiger partial charge on any atom is 0.306 e. The van der Waals surface area contributed by atoms with Crippen LogP contribution in [0.15, 0.2) is 0 Å². The third kappa shape index (κ3) is 23.6. The zero-order valence-electron chi connectivity index (χ0n) is 31.0. The molecule has 1 fully saturated rings. The van der Waals surface area contributed by atoms with Crippen LogP contribution in [0.1, 0.15) is 181 Å². The molecule has 0 radical (unpaired) electrons. The van der Waals surface area contributed by atoms with Gasteiger partial charge >= 0.3 is 5.97 Å². The van der Waals surface area contributed by atoms with Gasteiger partial charge in [0.25, 0.3) is 0 Å². The van der Waals surface area contributed by atoms with E-state index >= 15 is 0 Å². The summed E-state index contributed by atoms with van der Waals surface area (Å²) >= 11 is 0. The molecule has 0 aliphatic carbocycles. The molecular formula is C39H76O9. The first-order valence-electron chi connectivity index (χ1n) is 20.1. The quantitative estimate of drug-likeness (QED) is 0.0393. The Hall–Kier alpha value is -0.810. The second-order valence-electron chi connectivity index (χ2n) is 14.1. The van der Waals surface area contributed by atoms with E-state index in [2.05, 4.69) is 13.8 Å². The Bertz CT molecular complexity index is 707. The molecular weight excluding hydrogens is 612 g/mol. The monoisotopic (exact) mass is 689 g/mol. The number of hydrogen-bond acceptors (Lipinski definition) is 9. The Labute approximate surface area is 293 Å².